The maximum atomic E-state index is 2.33. The minimum Gasteiger partial charge on any atom is -0.0900 e. The zero-order valence-electron chi connectivity index (χ0n) is 10.4. The second-order valence-corrected chi connectivity index (χ2v) is 4.80. The Morgan fingerprint density at radius 1 is 0.882 bits per heavy atom. The largest absolute Gasteiger partial charge is 0.119 e. The summed E-state index contributed by atoms with van der Waals surface area (Å²) in [5, 5.41) is 0. The summed E-state index contributed by atoms with van der Waals surface area (Å²) in [5.74, 6) is 0. The van der Waals surface area contributed by atoms with E-state index in [-0.39, 0.29) is 0 Å². The topological polar surface area (TPSA) is 0 Å². The van der Waals surface area contributed by atoms with Gasteiger partial charge in [0.05, 0.1) is 7.74 Å². The summed E-state index contributed by atoms with van der Waals surface area (Å²) in [5.41, 5.74) is 7.62. The van der Waals surface area contributed by atoms with Crippen molar-refractivity contribution in [3.8, 4) is 11.1 Å². The van der Waals surface area contributed by atoms with Crippen LogP contribution in [0.2, 0.25) is 0 Å². The zero-order chi connectivity index (χ0) is 11.7. The molecule has 0 saturated heterocycles. The van der Waals surface area contributed by atoms with E-state index in [0.29, 0.717) is 0 Å². The van der Waals surface area contributed by atoms with Crippen LogP contribution in [-0.2, 0) is 12.8 Å². The fraction of sp³-hybridized carbons (Fsp3) is 0.200. The Kier molecular flexibility index (Phi) is 2.80. The van der Waals surface area contributed by atoms with Crippen LogP contribution in [-0.4, -0.2) is 14.9 Å². The minimum absolute atomic E-state index is 1.16. The van der Waals surface area contributed by atoms with Crippen molar-refractivity contribution < 1.29 is 0 Å². The molecule has 0 unspecified atom stereocenters. The highest BCUT2D eigenvalue weighted by Crippen LogP contribution is 2.31. The standard InChI is InChI=1S/C15H16B2/c16-17-15-10-9-12(11-5-2-1-3-6-11)13-7-4-8-14(13)15/h1-3,5-6,9-10,17H,4,7-8,16H2. The van der Waals surface area contributed by atoms with Crippen LogP contribution in [0, 0.1) is 0 Å². The van der Waals surface area contributed by atoms with Gasteiger partial charge in [-0.15, -0.1) is 0 Å². The number of fused-ring (bicyclic) bond motifs is 1. The average Bonchev–Trinajstić information content (AvgIpc) is 2.88. The van der Waals surface area contributed by atoms with E-state index < -0.39 is 0 Å². The Balaban J connectivity index is 2.17. The molecule has 0 amide bonds. The van der Waals surface area contributed by atoms with Crippen molar-refractivity contribution in [1.29, 1.82) is 0 Å². The first-order valence-corrected chi connectivity index (χ1v) is 6.59. The first kappa shape index (κ1) is 10.7. The summed E-state index contributed by atoms with van der Waals surface area (Å²) in [6, 6.07) is 15.4. The molecule has 0 spiro atoms. The molecule has 3 rings (SSSR count). The molecule has 17 heavy (non-hydrogen) atoms. The Bertz CT molecular complexity index is 532. The van der Waals surface area contributed by atoms with Crippen LogP contribution in [0.1, 0.15) is 17.5 Å². The Morgan fingerprint density at radius 3 is 2.41 bits per heavy atom. The summed E-state index contributed by atoms with van der Waals surface area (Å²) in [4.78, 5) is 0. The summed E-state index contributed by atoms with van der Waals surface area (Å²) in [7, 11) is 3.42. The molecule has 82 valence electrons. The van der Waals surface area contributed by atoms with Gasteiger partial charge in [0.1, 0.15) is 7.17 Å². The molecule has 0 nitrogen and oxygen atoms in total. The van der Waals surface area contributed by atoms with Crippen molar-refractivity contribution in [2.75, 3.05) is 0 Å². The van der Waals surface area contributed by atoms with Gasteiger partial charge in [-0.05, 0) is 36.0 Å². The molecule has 2 heteroatoms. The first-order chi connectivity index (χ1) is 8.40. The van der Waals surface area contributed by atoms with Crippen LogP contribution in [0.25, 0.3) is 11.1 Å². The van der Waals surface area contributed by atoms with E-state index in [1.807, 2.05) is 0 Å². The first-order valence-electron chi connectivity index (χ1n) is 6.59. The van der Waals surface area contributed by atoms with Gasteiger partial charge < -0.3 is 0 Å². The van der Waals surface area contributed by atoms with Crippen LogP contribution in [0.3, 0.4) is 0 Å². The van der Waals surface area contributed by atoms with Gasteiger partial charge in [0.15, 0.2) is 0 Å². The lowest BCUT2D eigenvalue weighted by atomic mass is 9.50. The Hall–Kier alpha value is -1.43. The number of benzene rings is 2. The molecular formula is C15H16B2. The second kappa shape index (κ2) is 4.44. The molecule has 0 atom stereocenters. The summed E-state index contributed by atoms with van der Waals surface area (Å²) >= 11 is 0. The van der Waals surface area contributed by atoms with Gasteiger partial charge >= 0.3 is 0 Å². The monoisotopic (exact) mass is 218 g/mol. The fourth-order valence-corrected chi connectivity index (χ4v) is 3.00. The SMILES string of the molecule is BBc1ccc(-c2ccccc2)c2c1CCC2. The summed E-state index contributed by atoms with van der Waals surface area (Å²) < 4.78 is 0. The second-order valence-electron chi connectivity index (χ2n) is 4.80. The van der Waals surface area contributed by atoms with Gasteiger partial charge in [-0.1, -0.05) is 53.5 Å². The van der Waals surface area contributed by atoms with Crippen molar-refractivity contribution in [3.05, 3.63) is 53.6 Å². The Morgan fingerprint density at radius 2 is 1.65 bits per heavy atom. The maximum Gasteiger partial charge on any atom is 0.119 e. The molecule has 0 aliphatic heterocycles. The third-order valence-corrected chi connectivity index (χ3v) is 3.85. The van der Waals surface area contributed by atoms with E-state index in [2.05, 4.69) is 50.2 Å². The minimum atomic E-state index is 1.16. The zero-order valence-corrected chi connectivity index (χ0v) is 10.4. The molecular weight excluding hydrogens is 202 g/mol. The van der Waals surface area contributed by atoms with E-state index in [4.69, 9.17) is 0 Å². The van der Waals surface area contributed by atoms with E-state index >= 15 is 0 Å². The van der Waals surface area contributed by atoms with E-state index in [1.165, 1.54) is 30.4 Å². The van der Waals surface area contributed by atoms with Crippen molar-refractivity contribution in [1.82, 2.24) is 0 Å². The van der Waals surface area contributed by atoms with Crippen LogP contribution in [0.15, 0.2) is 42.5 Å². The molecule has 0 N–H and O–H groups in total. The molecule has 0 radical (unpaired) electrons. The normalized spacial score (nSPS) is 13.4. The fourth-order valence-electron chi connectivity index (χ4n) is 3.00. The van der Waals surface area contributed by atoms with Gasteiger partial charge in [0, 0.05) is 0 Å². The third kappa shape index (κ3) is 1.82. The highest BCUT2D eigenvalue weighted by molar-refractivity contribution is 6.97. The van der Waals surface area contributed by atoms with Gasteiger partial charge in [-0.25, -0.2) is 0 Å². The van der Waals surface area contributed by atoms with Crippen molar-refractivity contribution in [3.63, 3.8) is 0 Å². The summed E-state index contributed by atoms with van der Waals surface area (Å²) in [6.45, 7) is 0. The van der Waals surface area contributed by atoms with E-state index in [1.54, 1.807) is 16.6 Å². The predicted molar refractivity (Wildman–Crippen MR) is 79.2 cm³/mol. The lowest BCUT2D eigenvalue weighted by Gasteiger charge is -2.12. The number of hydrogen-bond acceptors (Lipinski definition) is 0. The molecule has 2 aromatic rings. The van der Waals surface area contributed by atoms with Gasteiger partial charge in [0.2, 0.25) is 0 Å². The molecule has 0 aromatic heterocycles. The molecule has 0 bridgehead atoms. The maximum absolute atomic E-state index is 2.33. The summed E-state index contributed by atoms with van der Waals surface area (Å²) in [6.07, 6.45) is 3.86. The highest BCUT2D eigenvalue weighted by Gasteiger charge is 2.18. The quantitative estimate of drug-likeness (QED) is 0.669. The van der Waals surface area contributed by atoms with Crippen molar-refractivity contribution in [2.24, 2.45) is 0 Å². The third-order valence-electron chi connectivity index (χ3n) is 3.85. The van der Waals surface area contributed by atoms with Crippen LogP contribution >= 0.6 is 0 Å². The van der Waals surface area contributed by atoms with Crippen LogP contribution in [0.5, 0.6) is 0 Å². The Labute approximate surface area is 105 Å². The molecule has 0 heterocycles. The van der Waals surface area contributed by atoms with E-state index in [9.17, 15) is 0 Å². The van der Waals surface area contributed by atoms with Gasteiger partial charge in [0.25, 0.3) is 0 Å². The van der Waals surface area contributed by atoms with Crippen LogP contribution in [0.4, 0.5) is 0 Å². The van der Waals surface area contributed by atoms with Crippen molar-refractivity contribution in [2.45, 2.75) is 19.3 Å². The smallest absolute Gasteiger partial charge is 0.0900 e. The van der Waals surface area contributed by atoms with Crippen LogP contribution < -0.4 is 5.46 Å². The predicted octanol–water partition coefficient (Wildman–Crippen LogP) is 1.45. The number of rotatable bonds is 2. The average molecular weight is 218 g/mol. The highest BCUT2D eigenvalue weighted by atomic mass is 14.2. The van der Waals surface area contributed by atoms with Gasteiger partial charge in [-0.2, -0.15) is 0 Å². The van der Waals surface area contributed by atoms with E-state index in [0.717, 1.165) is 7.17 Å². The molecule has 0 fully saturated rings. The molecule has 2 aromatic carbocycles. The lowest BCUT2D eigenvalue weighted by molar-refractivity contribution is 0.913. The lowest BCUT2D eigenvalue weighted by Crippen LogP contribution is -2.19. The molecule has 1 aliphatic carbocycles. The van der Waals surface area contributed by atoms with Crippen molar-refractivity contribution >= 4 is 20.4 Å². The molecule has 0 saturated carbocycles. The van der Waals surface area contributed by atoms with Gasteiger partial charge in [-0.3, -0.25) is 0 Å². The number of hydrogen-bond donors (Lipinski definition) is 0. The molecule has 1 aliphatic rings.